The lowest BCUT2D eigenvalue weighted by Gasteiger charge is -2.35. The van der Waals surface area contributed by atoms with Gasteiger partial charge in [-0.05, 0) is 18.9 Å². The molecule has 2 unspecified atom stereocenters. The van der Waals surface area contributed by atoms with E-state index in [-0.39, 0.29) is 23.5 Å². The Labute approximate surface area is 90.2 Å². The molecule has 4 rings (SSSR count). The van der Waals surface area contributed by atoms with Crippen molar-refractivity contribution >= 4 is 11.6 Å². The Bertz CT molecular complexity index is 577. The van der Waals surface area contributed by atoms with E-state index in [0.29, 0.717) is 5.03 Å². The van der Waals surface area contributed by atoms with Crippen LogP contribution in [-0.4, -0.2) is 13.9 Å². The number of rotatable bonds is 0. The third-order valence-corrected chi connectivity index (χ3v) is 3.59. The number of halogens is 1. The van der Waals surface area contributed by atoms with E-state index < -0.39 is 0 Å². The Balaban J connectivity index is 2.41. The summed E-state index contributed by atoms with van der Waals surface area (Å²) in [6.45, 7) is 0. The van der Waals surface area contributed by atoms with Crippen LogP contribution in [0.3, 0.4) is 0 Å². The quantitative estimate of drug-likeness (QED) is 0.643. The van der Waals surface area contributed by atoms with Crippen LogP contribution in [0.5, 0.6) is 0 Å². The van der Waals surface area contributed by atoms with Gasteiger partial charge in [0.15, 0.2) is 0 Å². The Morgan fingerprint density at radius 2 is 1.93 bits per heavy atom. The molecule has 0 amide bonds. The van der Waals surface area contributed by atoms with E-state index in [1.54, 1.807) is 0 Å². The molecule has 80 valence electrons. The van der Waals surface area contributed by atoms with Gasteiger partial charge in [0.1, 0.15) is 0 Å². The van der Waals surface area contributed by atoms with Crippen LogP contribution in [0.2, 0.25) is 0 Å². The highest BCUT2D eigenvalue weighted by Crippen LogP contribution is 2.39. The minimum Gasteiger partial charge on any atom is -0.246 e. The molecule has 0 aromatic carbocycles. The zero-order valence-corrected chi connectivity index (χ0v) is 8.94. The Kier molecular flexibility index (Phi) is 1.60. The van der Waals surface area contributed by atoms with Crippen LogP contribution in [0.25, 0.3) is 0 Å². The highest BCUT2D eigenvalue weighted by molar-refractivity contribution is 6.30. The number of nitrogens with zero attached hydrogens (tertiary/aromatic N) is 3. The molecule has 2 aliphatic heterocycles. The normalized spacial score (nSPS) is 27.7. The smallest absolute Gasteiger partial charge is 0.246 e. The molecule has 1 aromatic heterocycles. The molecule has 0 fully saturated rings. The summed E-state index contributed by atoms with van der Waals surface area (Å²) in [4.78, 5) is 23.6. The van der Waals surface area contributed by atoms with Crippen molar-refractivity contribution in [1.82, 2.24) is 13.9 Å². The van der Waals surface area contributed by atoms with Crippen molar-refractivity contribution in [1.29, 1.82) is 0 Å². The standard InChI is InChI=1S/C9H10ClN3O2/c1-11-8(14)12-5-2-3-7(6(10)4-5)13(12)9(11)15/h4-5,7H,2-3H2,1H3. The first-order chi connectivity index (χ1) is 7.11. The fraction of sp³-hybridized carbons (Fsp3) is 0.556. The predicted molar refractivity (Wildman–Crippen MR) is 55.2 cm³/mol. The Morgan fingerprint density at radius 1 is 1.27 bits per heavy atom. The van der Waals surface area contributed by atoms with E-state index in [1.165, 1.54) is 16.4 Å². The van der Waals surface area contributed by atoms with Crippen molar-refractivity contribution in [2.75, 3.05) is 0 Å². The number of fused-ring (bicyclic) bond motifs is 1. The van der Waals surface area contributed by atoms with Gasteiger partial charge in [-0.15, -0.1) is 0 Å². The maximum absolute atomic E-state index is 11.8. The lowest BCUT2D eigenvalue weighted by Crippen LogP contribution is -2.40. The molecule has 0 radical (unpaired) electrons. The van der Waals surface area contributed by atoms with E-state index in [0.717, 1.165) is 17.4 Å². The van der Waals surface area contributed by atoms with E-state index in [9.17, 15) is 9.59 Å². The summed E-state index contributed by atoms with van der Waals surface area (Å²) in [7, 11) is 1.50. The van der Waals surface area contributed by atoms with Crippen LogP contribution < -0.4 is 11.4 Å². The van der Waals surface area contributed by atoms with Crippen LogP contribution in [-0.2, 0) is 7.05 Å². The van der Waals surface area contributed by atoms with Crippen LogP contribution in [0.15, 0.2) is 20.7 Å². The van der Waals surface area contributed by atoms with Gasteiger partial charge in [-0.1, -0.05) is 11.6 Å². The van der Waals surface area contributed by atoms with Crippen molar-refractivity contribution in [3.8, 4) is 0 Å². The van der Waals surface area contributed by atoms with E-state index >= 15 is 0 Å². The minimum atomic E-state index is -0.277. The van der Waals surface area contributed by atoms with Gasteiger partial charge in [0, 0.05) is 12.1 Å². The first kappa shape index (κ1) is 9.03. The summed E-state index contributed by atoms with van der Waals surface area (Å²) in [5.74, 6) is 0. The van der Waals surface area contributed by atoms with Crippen molar-refractivity contribution in [3.05, 3.63) is 32.1 Å². The minimum absolute atomic E-state index is 0.0519. The molecule has 1 aliphatic carbocycles. The predicted octanol–water partition coefficient (Wildman–Crippen LogP) is 0.361. The highest BCUT2D eigenvalue weighted by atomic mass is 35.5. The zero-order chi connectivity index (χ0) is 10.7. The Morgan fingerprint density at radius 3 is 2.60 bits per heavy atom. The summed E-state index contributed by atoms with van der Waals surface area (Å²) in [5.41, 5.74) is -0.531. The van der Waals surface area contributed by atoms with Crippen molar-refractivity contribution in [2.45, 2.75) is 24.9 Å². The molecule has 3 aliphatic rings. The van der Waals surface area contributed by atoms with Gasteiger partial charge in [0.25, 0.3) is 0 Å². The molecule has 0 N–H and O–H groups in total. The van der Waals surface area contributed by atoms with Gasteiger partial charge in [0.05, 0.1) is 12.1 Å². The fourth-order valence-corrected chi connectivity index (χ4v) is 2.78. The third-order valence-electron chi connectivity index (χ3n) is 3.21. The van der Waals surface area contributed by atoms with Crippen LogP contribution in [0.1, 0.15) is 24.9 Å². The molecule has 15 heavy (non-hydrogen) atoms. The van der Waals surface area contributed by atoms with Gasteiger partial charge in [-0.2, -0.15) is 0 Å². The molecule has 5 nitrogen and oxygen atoms in total. The molecule has 3 heterocycles. The fourth-order valence-electron chi connectivity index (χ4n) is 2.44. The summed E-state index contributed by atoms with van der Waals surface area (Å²) in [6.07, 6.45) is 3.59. The monoisotopic (exact) mass is 227 g/mol. The zero-order valence-electron chi connectivity index (χ0n) is 8.18. The summed E-state index contributed by atoms with van der Waals surface area (Å²) in [6, 6.07) is -0.193. The lowest BCUT2D eigenvalue weighted by molar-refractivity contribution is 0.253. The second-order valence-electron chi connectivity index (χ2n) is 4.03. The maximum atomic E-state index is 11.8. The maximum Gasteiger partial charge on any atom is 0.347 e. The van der Waals surface area contributed by atoms with E-state index in [1.807, 2.05) is 6.08 Å². The number of hydrogen-bond acceptors (Lipinski definition) is 2. The first-order valence-electron chi connectivity index (χ1n) is 4.88. The topological polar surface area (TPSA) is 48.9 Å². The second-order valence-corrected chi connectivity index (χ2v) is 4.46. The molecular formula is C9H10ClN3O2. The summed E-state index contributed by atoms with van der Waals surface area (Å²) in [5, 5.41) is 0.680. The van der Waals surface area contributed by atoms with Crippen molar-refractivity contribution in [2.24, 2.45) is 7.05 Å². The molecule has 6 heteroatoms. The van der Waals surface area contributed by atoms with Crippen molar-refractivity contribution < 1.29 is 0 Å². The number of allylic oxidation sites excluding steroid dienone is 2. The largest absolute Gasteiger partial charge is 0.347 e. The van der Waals surface area contributed by atoms with Crippen LogP contribution in [0, 0.1) is 0 Å². The lowest BCUT2D eigenvalue weighted by atomic mass is 9.96. The molecular weight excluding hydrogens is 218 g/mol. The summed E-state index contributed by atoms with van der Waals surface area (Å²) >= 11 is 6.05. The number of hydrogen-bond donors (Lipinski definition) is 0. The average Bonchev–Trinajstić information content (AvgIpc) is 2.46. The molecule has 0 spiro atoms. The van der Waals surface area contributed by atoms with Gasteiger partial charge in [0.2, 0.25) is 0 Å². The first-order valence-corrected chi connectivity index (χ1v) is 5.26. The van der Waals surface area contributed by atoms with Crippen LogP contribution in [0.4, 0.5) is 0 Å². The molecule has 2 bridgehead atoms. The van der Waals surface area contributed by atoms with Gasteiger partial charge in [-0.3, -0.25) is 0 Å². The van der Waals surface area contributed by atoms with E-state index in [4.69, 9.17) is 11.6 Å². The molecule has 2 atom stereocenters. The highest BCUT2D eigenvalue weighted by Gasteiger charge is 2.36. The SMILES string of the molecule is Cn1c(=O)n2n(c1=O)C1CCC2C=C1Cl. The van der Waals surface area contributed by atoms with Crippen LogP contribution >= 0.6 is 11.6 Å². The van der Waals surface area contributed by atoms with Gasteiger partial charge < -0.3 is 0 Å². The number of aromatic nitrogens is 3. The van der Waals surface area contributed by atoms with Gasteiger partial charge >= 0.3 is 11.4 Å². The van der Waals surface area contributed by atoms with E-state index in [2.05, 4.69) is 0 Å². The van der Waals surface area contributed by atoms with Gasteiger partial charge in [-0.25, -0.2) is 23.5 Å². The Hall–Kier alpha value is -1.23. The van der Waals surface area contributed by atoms with Crippen molar-refractivity contribution in [3.63, 3.8) is 0 Å². The summed E-state index contributed by atoms with van der Waals surface area (Å²) < 4.78 is 4.13. The average molecular weight is 228 g/mol. The molecule has 0 saturated heterocycles. The molecule has 0 saturated carbocycles. The second kappa shape index (κ2) is 2.66. The third kappa shape index (κ3) is 0.937. The molecule has 1 aromatic rings.